The summed E-state index contributed by atoms with van der Waals surface area (Å²) >= 11 is 0. The van der Waals surface area contributed by atoms with E-state index < -0.39 is 6.10 Å². The molecular weight excluding hydrogens is 366 g/mol. The van der Waals surface area contributed by atoms with Gasteiger partial charge in [-0.2, -0.15) is 0 Å². The van der Waals surface area contributed by atoms with E-state index in [-0.39, 0.29) is 12.5 Å². The number of hydrogen-bond acceptors (Lipinski definition) is 4. The molecule has 4 rings (SSSR count). The minimum atomic E-state index is -0.537. The molecule has 5 heteroatoms. The molecule has 0 aromatic heterocycles. The number of piperidine rings is 1. The minimum Gasteiger partial charge on any atom is -0.494 e. The van der Waals surface area contributed by atoms with Crippen molar-refractivity contribution in [3.8, 4) is 17.2 Å². The Hall–Kier alpha value is -2.69. The lowest BCUT2D eigenvalue weighted by Crippen LogP contribution is -2.49. The number of ether oxygens (including phenoxy) is 3. The number of hydrogen-bond donors (Lipinski definition) is 0. The molecule has 1 amide bonds. The van der Waals surface area contributed by atoms with E-state index in [0.29, 0.717) is 24.0 Å². The van der Waals surface area contributed by atoms with E-state index in [1.54, 1.807) is 0 Å². The van der Waals surface area contributed by atoms with Crippen LogP contribution in [-0.4, -0.2) is 43.2 Å². The monoisotopic (exact) mass is 395 g/mol. The first-order chi connectivity index (χ1) is 14.2. The van der Waals surface area contributed by atoms with Crippen LogP contribution in [0.25, 0.3) is 0 Å². The van der Waals surface area contributed by atoms with Crippen molar-refractivity contribution in [1.29, 1.82) is 0 Å². The van der Waals surface area contributed by atoms with E-state index in [2.05, 4.69) is 12.1 Å². The van der Waals surface area contributed by atoms with Crippen molar-refractivity contribution in [1.82, 2.24) is 4.90 Å². The number of aryl methyl sites for hydroxylation is 1. The second-order valence-corrected chi connectivity index (χ2v) is 7.75. The lowest BCUT2D eigenvalue weighted by Gasteiger charge is -2.35. The lowest BCUT2D eigenvalue weighted by molar-refractivity contribution is -0.142. The highest BCUT2D eigenvalue weighted by molar-refractivity contribution is 5.82. The van der Waals surface area contributed by atoms with Gasteiger partial charge in [0.05, 0.1) is 6.61 Å². The highest BCUT2D eigenvalue weighted by atomic mass is 16.6. The van der Waals surface area contributed by atoms with Gasteiger partial charge in [0.25, 0.3) is 5.91 Å². The molecule has 1 fully saturated rings. The SMILES string of the molecule is CCOc1ccc(CCC2CCN(C(=O)C3COc4ccccc4O3)CC2)cc1. The van der Waals surface area contributed by atoms with Crippen molar-refractivity contribution >= 4 is 5.91 Å². The third-order valence-corrected chi connectivity index (χ3v) is 5.79. The van der Waals surface area contributed by atoms with Crippen molar-refractivity contribution in [3.05, 3.63) is 54.1 Å². The highest BCUT2D eigenvalue weighted by Crippen LogP contribution is 2.32. The summed E-state index contributed by atoms with van der Waals surface area (Å²) in [5, 5.41) is 0. The number of fused-ring (bicyclic) bond motifs is 1. The van der Waals surface area contributed by atoms with Gasteiger partial charge >= 0.3 is 0 Å². The van der Waals surface area contributed by atoms with Gasteiger partial charge in [0.2, 0.25) is 6.10 Å². The van der Waals surface area contributed by atoms with Gasteiger partial charge in [0.15, 0.2) is 11.5 Å². The highest BCUT2D eigenvalue weighted by Gasteiger charge is 2.32. The predicted octanol–water partition coefficient (Wildman–Crippen LogP) is 4.10. The number of carbonyl (C=O) groups excluding carboxylic acids is 1. The fourth-order valence-electron chi connectivity index (χ4n) is 4.08. The molecular formula is C24H29NO4. The van der Waals surface area contributed by atoms with E-state index in [1.165, 1.54) is 5.56 Å². The average molecular weight is 395 g/mol. The topological polar surface area (TPSA) is 48.0 Å². The van der Waals surface area contributed by atoms with Gasteiger partial charge in [0, 0.05) is 13.1 Å². The second-order valence-electron chi connectivity index (χ2n) is 7.75. The summed E-state index contributed by atoms with van der Waals surface area (Å²) in [5.41, 5.74) is 1.35. The van der Waals surface area contributed by atoms with Crippen LogP contribution < -0.4 is 14.2 Å². The van der Waals surface area contributed by atoms with Crippen LogP contribution in [0.5, 0.6) is 17.2 Å². The average Bonchev–Trinajstić information content (AvgIpc) is 2.78. The van der Waals surface area contributed by atoms with Crippen LogP contribution in [-0.2, 0) is 11.2 Å². The summed E-state index contributed by atoms with van der Waals surface area (Å²) in [4.78, 5) is 14.8. The predicted molar refractivity (Wildman–Crippen MR) is 112 cm³/mol. The van der Waals surface area contributed by atoms with Gasteiger partial charge in [-0.05, 0) is 68.4 Å². The molecule has 29 heavy (non-hydrogen) atoms. The molecule has 2 aromatic rings. The van der Waals surface area contributed by atoms with Gasteiger partial charge in [-0.25, -0.2) is 0 Å². The Kier molecular flexibility index (Phi) is 6.23. The quantitative estimate of drug-likeness (QED) is 0.739. The molecule has 2 aliphatic rings. The zero-order chi connectivity index (χ0) is 20.1. The Bertz CT molecular complexity index is 812. The molecule has 1 saturated heterocycles. The van der Waals surface area contributed by atoms with Gasteiger partial charge < -0.3 is 19.1 Å². The Morgan fingerprint density at radius 1 is 1.07 bits per heavy atom. The molecule has 2 heterocycles. The summed E-state index contributed by atoms with van der Waals surface area (Å²) in [5.74, 6) is 3.01. The number of nitrogens with zero attached hydrogens (tertiary/aromatic N) is 1. The molecule has 1 atom stereocenters. The van der Waals surface area contributed by atoms with E-state index >= 15 is 0 Å². The molecule has 0 bridgehead atoms. The van der Waals surface area contributed by atoms with Crippen LogP contribution in [0, 0.1) is 5.92 Å². The van der Waals surface area contributed by atoms with Gasteiger partial charge in [0.1, 0.15) is 12.4 Å². The number of amides is 1. The zero-order valence-electron chi connectivity index (χ0n) is 17.0. The molecule has 0 spiro atoms. The van der Waals surface area contributed by atoms with Crippen molar-refractivity contribution in [3.63, 3.8) is 0 Å². The minimum absolute atomic E-state index is 0.0458. The number of para-hydroxylation sites is 2. The Labute approximate surface area is 172 Å². The fraction of sp³-hybridized carbons (Fsp3) is 0.458. The van der Waals surface area contributed by atoms with Gasteiger partial charge in [-0.3, -0.25) is 4.79 Å². The van der Waals surface area contributed by atoms with E-state index in [0.717, 1.165) is 44.5 Å². The molecule has 0 aliphatic carbocycles. The molecule has 0 N–H and O–H groups in total. The largest absolute Gasteiger partial charge is 0.494 e. The smallest absolute Gasteiger partial charge is 0.267 e. The van der Waals surface area contributed by atoms with Crippen molar-refractivity contribution < 1.29 is 19.0 Å². The van der Waals surface area contributed by atoms with Crippen LogP contribution in [0.2, 0.25) is 0 Å². The second kappa shape index (κ2) is 9.21. The van der Waals surface area contributed by atoms with Crippen LogP contribution in [0.4, 0.5) is 0 Å². The van der Waals surface area contributed by atoms with Crippen LogP contribution >= 0.6 is 0 Å². The van der Waals surface area contributed by atoms with E-state index in [1.807, 2.05) is 48.2 Å². The van der Waals surface area contributed by atoms with Crippen LogP contribution in [0.15, 0.2) is 48.5 Å². The Balaban J connectivity index is 1.22. The molecule has 154 valence electrons. The summed E-state index contributed by atoms with van der Waals surface area (Å²) in [7, 11) is 0. The van der Waals surface area contributed by atoms with Gasteiger partial charge in [-0.15, -0.1) is 0 Å². The normalized spacial score (nSPS) is 19.1. The molecule has 5 nitrogen and oxygen atoms in total. The lowest BCUT2D eigenvalue weighted by atomic mass is 9.90. The Morgan fingerprint density at radius 2 is 1.79 bits per heavy atom. The summed E-state index contributed by atoms with van der Waals surface area (Å²) in [6.07, 6.45) is 3.79. The van der Waals surface area contributed by atoms with Crippen molar-refractivity contribution in [2.24, 2.45) is 5.92 Å². The maximum atomic E-state index is 12.8. The third-order valence-electron chi connectivity index (χ3n) is 5.79. The number of carbonyl (C=O) groups is 1. The molecule has 0 radical (unpaired) electrons. The Morgan fingerprint density at radius 3 is 2.52 bits per heavy atom. The standard InChI is InChI=1S/C24H29NO4/c1-2-27-20-11-9-18(10-12-20)7-8-19-13-15-25(16-14-19)24(26)23-17-28-21-5-3-4-6-22(21)29-23/h3-6,9-12,19,23H,2,7-8,13-17H2,1H3. The van der Waals surface area contributed by atoms with Crippen molar-refractivity contribution in [2.75, 3.05) is 26.3 Å². The first kappa shape index (κ1) is 19.6. The molecule has 0 saturated carbocycles. The van der Waals surface area contributed by atoms with Gasteiger partial charge in [-0.1, -0.05) is 24.3 Å². The van der Waals surface area contributed by atoms with Crippen LogP contribution in [0.1, 0.15) is 31.7 Å². The number of rotatable bonds is 6. The first-order valence-corrected chi connectivity index (χ1v) is 10.6. The third kappa shape index (κ3) is 4.84. The van der Waals surface area contributed by atoms with Crippen LogP contribution in [0.3, 0.4) is 0 Å². The molecule has 1 unspecified atom stereocenters. The summed E-state index contributed by atoms with van der Waals surface area (Å²) < 4.78 is 17.1. The summed E-state index contributed by atoms with van der Waals surface area (Å²) in [6.45, 7) is 4.58. The molecule has 2 aliphatic heterocycles. The van der Waals surface area contributed by atoms with E-state index in [9.17, 15) is 4.79 Å². The summed E-state index contributed by atoms with van der Waals surface area (Å²) in [6, 6.07) is 15.9. The van der Waals surface area contributed by atoms with E-state index in [4.69, 9.17) is 14.2 Å². The maximum Gasteiger partial charge on any atom is 0.267 e. The zero-order valence-corrected chi connectivity index (χ0v) is 17.0. The molecule has 2 aromatic carbocycles. The van der Waals surface area contributed by atoms with Crippen molar-refractivity contribution in [2.45, 2.75) is 38.7 Å². The first-order valence-electron chi connectivity index (χ1n) is 10.6. The maximum absolute atomic E-state index is 12.8. The number of likely N-dealkylation sites (tertiary alicyclic amines) is 1. The fourth-order valence-corrected chi connectivity index (χ4v) is 4.08. The number of benzene rings is 2.